The zero-order valence-electron chi connectivity index (χ0n) is 12.3. The highest BCUT2D eigenvalue weighted by Gasteiger charge is 2.08. The molecule has 1 aromatic heterocycles. The van der Waals surface area contributed by atoms with Crippen molar-refractivity contribution in [2.45, 2.75) is 6.92 Å². The highest BCUT2D eigenvalue weighted by molar-refractivity contribution is 5.91. The number of aromatic nitrogens is 1. The van der Waals surface area contributed by atoms with Gasteiger partial charge in [-0.05, 0) is 26.1 Å². The average molecular weight is 305 g/mol. The lowest BCUT2D eigenvalue weighted by Gasteiger charge is -1.94. The molecule has 0 aliphatic rings. The van der Waals surface area contributed by atoms with E-state index >= 15 is 0 Å². The molecule has 0 amide bonds. The second-order valence-corrected chi connectivity index (χ2v) is 3.80. The van der Waals surface area contributed by atoms with Gasteiger partial charge in [-0.2, -0.15) is 0 Å². The average Bonchev–Trinajstić information content (AvgIpc) is 2.95. The van der Waals surface area contributed by atoms with Crippen LogP contribution in [0, 0.1) is 0 Å². The minimum Gasteiger partial charge on any atom is -0.356 e. The van der Waals surface area contributed by atoms with Gasteiger partial charge in [-0.15, -0.1) is 19.0 Å². The number of benzene rings is 2. The first-order valence-corrected chi connectivity index (χ1v) is 6.41. The van der Waals surface area contributed by atoms with E-state index in [9.17, 15) is 0 Å². The van der Waals surface area contributed by atoms with Crippen molar-refractivity contribution >= 4 is 23.4 Å². The largest absolute Gasteiger partial charge is 0.356 e. The number of hydrogen-bond donors (Lipinski definition) is 1. The number of allylic oxidation sites excluding steroid dienone is 1. The van der Waals surface area contributed by atoms with E-state index in [2.05, 4.69) is 17.5 Å². The summed E-state index contributed by atoms with van der Waals surface area (Å²) in [6.45, 7) is 5.25. The minimum atomic E-state index is 0. The third-order valence-electron chi connectivity index (χ3n) is 2.42. The van der Waals surface area contributed by atoms with Crippen molar-refractivity contribution < 1.29 is 4.52 Å². The van der Waals surface area contributed by atoms with Crippen LogP contribution in [-0.4, -0.2) is 12.2 Å². The first kappa shape index (κ1) is 18.9. The molecule has 0 radical (unpaired) electrons. The molecule has 21 heavy (non-hydrogen) atoms. The van der Waals surface area contributed by atoms with Crippen molar-refractivity contribution in [2.75, 3.05) is 7.05 Å². The Morgan fingerprint density at radius 3 is 2.14 bits per heavy atom. The molecular formula is C17H21ClN2O. The lowest BCUT2D eigenvalue weighted by atomic mass is 10.1. The summed E-state index contributed by atoms with van der Waals surface area (Å²) < 4.78 is 5.25. The van der Waals surface area contributed by atoms with Gasteiger partial charge in [-0.3, -0.25) is 0 Å². The number of halogens is 1. The Labute approximate surface area is 131 Å². The molecule has 3 aromatic rings. The van der Waals surface area contributed by atoms with Gasteiger partial charge in [0.1, 0.15) is 5.69 Å². The van der Waals surface area contributed by atoms with Gasteiger partial charge in [0, 0.05) is 10.9 Å². The van der Waals surface area contributed by atoms with E-state index in [1.165, 1.54) is 7.05 Å². The van der Waals surface area contributed by atoms with Crippen molar-refractivity contribution in [3.63, 3.8) is 0 Å². The molecule has 0 saturated carbocycles. The minimum absolute atomic E-state index is 0. The Kier molecular flexibility index (Phi) is 9.59. The lowest BCUT2D eigenvalue weighted by Crippen LogP contribution is -1.76. The Morgan fingerprint density at radius 1 is 1.00 bits per heavy atom. The van der Waals surface area contributed by atoms with Crippen LogP contribution in [0.2, 0.25) is 0 Å². The van der Waals surface area contributed by atoms with Crippen LogP contribution in [0.5, 0.6) is 0 Å². The van der Waals surface area contributed by atoms with Crippen LogP contribution in [0.3, 0.4) is 0 Å². The van der Waals surface area contributed by atoms with Crippen molar-refractivity contribution in [2.24, 2.45) is 5.73 Å². The molecule has 0 aliphatic carbocycles. The van der Waals surface area contributed by atoms with Crippen LogP contribution >= 0.6 is 12.4 Å². The fourth-order valence-corrected chi connectivity index (χ4v) is 1.69. The number of fused-ring (bicyclic) bond motifs is 1. The molecule has 0 unspecified atom stereocenters. The van der Waals surface area contributed by atoms with Gasteiger partial charge in [0.25, 0.3) is 0 Å². The van der Waals surface area contributed by atoms with Crippen molar-refractivity contribution in [3.8, 4) is 11.3 Å². The Morgan fingerprint density at radius 2 is 1.52 bits per heavy atom. The maximum atomic E-state index is 5.25. The molecule has 2 aromatic carbocycles. The summed E-state index contributed by atoms with van der Waals surface area (Å²) in [5, 5.41) is 5.15. The summed E-state index contributed by atoms with van der Waals surface area (Å²) in [7, 11) is 1.50. The number of nitrogens with two attached hydrogens (primary N) is 1. The van der Waals surface area contributed by atoms with Gasteiger partial charge in [0.05, 0.1) is 0 Å². The van der Waals surface area contributed by atoms with E-state index in [0.717, 1.165) is 22.2 Å². The van der Waals surface area contributed by atoms with Crippen molar-refractivity contribution in [3.05, 3.63) is 67.3 Å². The molecule has 0 atom stereocenters. The molecule has 4 heteroatoms. The summed E-state index contributed by atoms with van der Waals surface area (Å²) in [5.41, 5.74) is 7.32. The van der Waals surface area contributed by atoms with E-state index in [-0.39, 0.29) is 12.4 Å². The van der Waals surface area contributed by atoms with Crippen LogP contribution < -0.4 is 5.73 Å². The summed E-state index contributed by atoms with van der Waals surface area (Å²) in [5.74, 6) is 0. The molecule has 0 aliphatic heterocycles. The third-order valence-corrected chi connectivity index (χ3v) is 2.42. The van der Waals surface area contributed by atoms with Crippen LogP contribution in [0.15, 0.2) is 71.8 Å². The Hall–Kier alpha value is -2.10. The van der Waals surface area contributed by atoms with Crippen molar-refractivity contribution in [1.29, 1.82) is 0 Å². The SMILES string of the molecule is C=CC.CN.Cl.c1ccc(-c2noc3ccccc23)cc1. The number of para-hydroxylation sites is 1. The topological polar surface area (TPSA) is 52.0 Å². The fraction of sp³-hybridized carbons (Fsp3) is 0.118. The summed E-state index contributed by atoms with van der Waals surface area (Å²) in [6, 6.07) is 17.9. The summed E-state index contributed by atoms with van der Waals surface area (Å²) >= 11 is 0. The highest BCUT2D eigenvalue weighted by Crippen LogP contribution is 2.26. The molecule has 2 N–H and O–H groups in total. The smallest absolute Gasteiger partial charge is 0.167 e. The van der Waals surface area contributed by atoms with Gasteiger partial charge in [0.2, 0.25) is 0 Å². The summed E-state index contributed by atoms with van der Waals surface area (Å²) in [4.78, 5) is 0. The van der Waals surface area contributed by atoms with Gasteiger partial charge >= 0.3 is 0 Å². The monoisotopic (exact) mass is 304 g/mol. The van der Waals surface area contributed by atoms with Crippen LogP contribution in [-0.2, 0) is 0 Å². The van der Waals surface area contributed by atoms with Gasteiger partial charge in [-0.25, -0.2) is 0 Å². The first-order valence-electron chi connectivity index (χ1n) is 6.41. The van der Waals surface area contributed by atoms with E-state index in [1.807, 2.05) is 61.5 Å². The predicted molar refractivity (Wildman–Crippen MR) is 92.7 cm³/mol. The molecule has 3 rings (SSSR count). The molecule has 0 saturated heterocycles. The second-order valence-electron chi connectivity index (χ2n) is 3.80. The molecule has 3 nitrogen and oxygen atoms in total. The normalized spacial score (nSPS) is 8.52. The first-order chi connectivity index (χ1) is 9.86. The highest BCUT2D eigenvalue weighted by atomic mass is 35.5. The molecule has 0 fully saturated rings. The zero-order chi connectivity index (χ0) is 14.8. The van der Waals surface area contributed by atoms with Crippen LogP contribution in [0.4, 0.5) is 0 Å². The van der Waals surface area contributed by atoms with Gasteiger partial charge in [0.15, 0.2) is 5.58 Å². The van der Waals surface area contributed by atoms with Gasteiger partial charge in [-0.1, -0.05) is 53.7 Å². The summed E-state index contributed by atoms with van der Waals surface area (Å²) in [6.07, 6.45) is 1.75. The molecule has 112 valence electrons. The van der Waals surface area contributed by atoms with Crippen molar-refractivity contribution in [1.82, 2.24) is 5.16 Å². The van der Waals surface area contributed by atoms with Crippen LogP contribution in [0.1, 0.15) is 6.92 Å². The zero-order valence-corrected chi connectivity index (χ0v) is 13.1. The maximum Gasteiger partial charge on any atom is 0.167 e. The molecule has 0 spiro atoms. The van der Waals surface area contributed by atoms with Crippen LogP contribution in [0.25, 0.3) is 22.2 Å². The molecule has 0 bridgehead atoms. The number of rotatable bonds is 1. The van der Waals surface area contributed by atoms with E-state index < -0.39 is 0 Å². The Bertz CT molecular complexity index is 635. The lowest BCUT2D eigenvalue weighted by molar-refractivity contribution is 0.459. The Balaban J connectivity index is 0.000000599. The quantitative estimate of drug-likeness (QED) is 0.664. The number of nitrogens with zero attached hydrogens (tertiary/aromatic N) is 1. The second kappa shape index (κ2) is 10.7. The third kappa shape index (κ3) is 5.06. The van der Waals surface area contributed by atoms with E-state index in [1.54, 1.807) is 6.08 Å². The number of hydrogen-bond acceptors (Lipinski definition) is 3. The standard InChI is InChI=1S/C13H9NO.C3H6.CH5N.ClH/c1-2-6-10(7-3-1)13-11-8-4-5-9-12(11)15-14-13;1-3-2;1-2;/h1-9H;3H,1H2,2H3;2H2,1H3;1H. The molecule has 1 heterocycles. The maximum absolute atomic E-state index is 5.25. The van der Waals surface area contributed by atoms with Gasteiger partial charge < -0.3 is 10.3 Å². The van der Waals surface area contributed by atoms with E-state index in [0.29, 0.717) is 0 Å². The predicted octanol–water partition coefficient (Wildman–Crippen LogP) is 4.68. The fourth-order valence-electron chi connectivity index (χ4n) is 1.69. The molecular weight excluding hydrogens is 284 g/mol. The van der Waals surface area contributed by atoms with E-state index in [4.69, 9.17) is 4.52 Å².